The van der Waals surface area contributed by atoms with Gasteiger partial charge in [-0.2, -0.15) is 0 Å². The van der Waals surface area contributed by atoms with E-state index in [2.05, 4.69) is 5.32 Å². The molecule has 0 bridgehead atoms. The van der Waals surface area contributed by atoms with Crippen LogP contribution in [0, 0.1) is 0 Å². The second kappa shape index (κ2) is 8.17. The topological polar surface area (TPSA) is 72.5 Å². The summed E-state index contributed by atoms with van der Waals surface area (Å²) in [7, 11) is -2.01. The molecule has 0 saturated carbocycles. The second-order valence-electron chi connectivity index (χ2n) is 5.25. The Morgan fingerprint density at radius 3 is 2.46 bits per heavy atom. The molecule has 1 amide bonds. The molecule has 0 atom stereocenters. The molecule has 0 unspecified atom stereocenters. The summed E-state index contributed by atoms with van der Waals surface area (Å²) in [5, 5.41) is 3.14. The molecule has 0 fully saturated rings. The Morgan fingerprint density at radius 1 is 1.12 bits per heavy atom. The largest absolute Gasteiger partial charge is 0.496 e. The zero-order valence-corrected chi connectivity index (χ0v) is 14.7. The first-order valence-electron chi connectivity index (χ1n) is 7.23. The summed E-state index contributed by atoms with van der Waals surface area (Å²) in [6, 6.07) is 13.7. The maximum atomic E-state index is 12.1. The van der Waals surface area contributed by atoms with E-state index in [9.17, 15) is 13.2 Å². The van der Waals surface area contributed by atoms with Gasteiger partial charge in [-0.3, -0.25) is 4.79 Å². The highest BCUT2D eigenvalue weighted by atomic mass is 35.5. The molecular weight excluding hydrogens is 350 g/mol. The molecule has 0 heterocycles. The molecular formula is C17H18ClNO4S. The monoisotopic (exact) mass is 367 g/mol. The van der Waals surface area contributed by atoms with Gasteiger partial charge in [-0.25, -0.2) is 8.42 Å². The van der Waals surface area contributed by atoms with E-state index in [1.807, 2.05) is 12.1 Å². The van der Waals surface area contributed by atoms with Gasteiger partial charge in [0.1, 0.15) is 11.5 Å². The number of amides is 1. The maximum absolute atomic E-state index is 12.1. The molecule has 0 aromatic heterocycles. The predicted octanol–water partition coefficient (Wildman–Crippen LogP) is 2.58. The van der Waals surface area contributed by atoms with Crippen LogP contribution in [0.4, 0.5) is 0 Å². The highest BCUT2D eigenvalue weighted by molar-refractivity contribution is 7.91. The minimum absolute atomic E-state index is 0.202. The Balaban J connectivity index is 1.92. The van der Waals surface area contributed by atoms with Crippen LogP contribution in [0.5, 0.6) is 5.75 Å². The lowest BCUT2D eigenvalue weighted by atomic mass is 10.2. The zero-order chi connectivity index (χ0) is 17.6. The van der Waals surface area contributed by atoms with Gasteiger partial charge in [-0.15, -0.1) is 0 Å². The van der Waals surface area contributed by atoms with Crippen LogP contribution in [-0.4, -0.2) is 27.2 Å². The number of carbonyl (C=O) groups excluding carboxylic acids is 1. The van der Waals surface area contributed by atoms with Crippen LogP contribution >= 0.6 is 11.6 Å². The van der Waals surface area contributed by atoms with Crippen LogP contribution in [0.3, 0.4) is 0 Å². The number of benzene rings is 2. The first-order chi connectivity index (χ1) is 11.4. The fourth-order valence-electron chi connectivity index (χ4n) is 2.18. The van der Waals surface area contributed by atoms with Gasteiger partial charge in [0.15, 0.2) is 9.84 Å². The number of hydrogen-bond acceptors (Lipinski definition) is 4. The van der Waals surface area contributed by atoms with Crippen molar-refractivity contribution in [1.82, 2.24) is 5.32 Å². The number of methoxy groups -OCH3 is 1. The third kappa shape index (κ3) is 5.54. The van der Waals surface area contributed by atoms with Crippen LogP contribution < -0.4 is 10.1 Å². The summed E-state index contributed by atoms with van der Waals surface area (Å²) in [6.07, 6.45) is 0. The SMILES string of the molecule is COc1ccccc1CNC(=O)CS(=O)(=O)Cc1ccc(Cl)cc1. The zero-order valence-electron chi connectivity index (χ0n) is 13.2. The predicted molar refractivity (Wildman–Crippen MR) is 93.8 cm³/mol. The van der Waals surface area contributed by atoms with Gasteiger partial charge in [0.25, 0.3) is 0 Å². The molecule has 128 valence electrons. The number of para-hydroxylation sites is 1. The van der Waals surface area contributed by atoms with Gasteiger partial charge < -0.3 is 10.1 Å². The summed E-state index contributed by atoms with van der Waals surface area (Å²) in [4.78, 5) is 11.9. The first-order valence-corrected chi connectivity index (χ1v) is 9.43. The standard InChI is InChI=1S/C17H18ClNO4S/c1-23-16-5-3-2-4-14(16)10-19-17(20)12-24(21,22)11-13-6-8-15(18)9-7-13/h2-9H,10-12H2,1H3,(H,19,20). The quantitative estimate of drug-likeness (QED) is 0.816. The molecule has 24 heavy (non-hydrogen) atoms. The van der Waals surface area contributed by atoms with Gasteiger partial charge in [-0.05, 0) is 23.8 Å². The minimum Gasteiger partial charge on any atom is -0.496 e. The Labute approximate surface area is 146 Å². The fourth-order valence-corrected chi connectivity index (χ4v) is 3.61. The van der Waals surface area contributed by atoms with Crippen LogP contribution in [-0.2, 0) is 26.9 Å². The van der Waals surface area contributed by atoms with Crippen molar-refractivity contribution in [2.45, 2.75) is 12.3 Å². The van der Waals surface area contributed by atoms with Crippen molar-refractivity contribution in [3.05, 3.63) is 64.7 Å². The third-order valence-corrected chi connectivity index (χ3v) is 5.05. The van der Waals surface area contributed by atoms with Gasteiger partial charge >= 0.3 is 0 Å². The van der Waals surface area contributed by atoms with E-state index in [4.69, 9.17) is 16.3 Å². The van der Waals surface area contributed by atoms with Crippen LogP contribution in [0.1, 0.15) is 11.1 Å². The van der Waals surface area contributed by atoms with Crippen molar-refractivity contribution in [3.63, 3.8) is 0 Å². The summed E-state index contributed by atoms with van der Waals surface area (Å²) in [5.74, 6) is -0.673. The molecule has 0 spiro atoms. The number of sulfone groups is 1. The van der Waals surface area contributed by atoms with Crippen molar-refractivity contribution in [2.75, 3.05) is 12.9 Å². The molecule has 0 saturated heterocycles. The molecule has 2 aromatic rings. The molecule has 0 radical (unpaired) electrons. The van der Waals surface area contributed by atoms with Gasteiger partial charge in [0.05, 0.1) is 12.9 Å². The Kier molecular flexibility index (Phi) is 6.23. The summed E-state index contributed by atoms with van der Waals surface area (Å²) < 4.78 is 29.4. The number of carbonyl (C=O) groups is 1. The molecule has 7 heteroatoms. The Bertz CT molecular complexity index is 804. The van der Waals surface area contributed by atoms with E-state index < -0.39 is 21.5 Å². The summed E-state index contributed by atoms with van der Waals surface area (Å²) >= 11 is 5.77. The lowest BCUT2D eigenvalue weighted by Gasteiger charge is -2.10. The molecule has 0 aliphatic carbocycles. The number of hydrogen-bond donors (Lipinski definition) is 1. The first kappa shape index (κ1) is 18.3. The maximum Gasteiger partial charge on any atom is 0.235 e. The van der Waals surface area contributed by atoms with Crippen molar-refractivity contribution in [3.8, 4) is 5.75 Å². The van der Waals surface area contributed by atoms with Crippen molar-refractivity contribution in [2.24, 2.45) is 0 Å². The summed E-state index contributed by atoms with van der Waals surface area (Å²) in [6.45, 7) is 0.208. The molecule has 0 aliphatic heterocycles. The van der Waals surface area contributed by atoms with E-state index in [1.165, 1.54) is 7.11 Å². The van der Waals surface area contributed by atoms with E-state index >= 15 is 0 Å². The summed E-state index contributed by atoms with van der Waals surface area (Å²) in [5.41, 5.74) is 1.38. The lowest BCUT2D eigenvalue weighted by Crippen LogP contribution is -2.30. The normalized spacial score (nSPS) is 11.1. The molecule has 1 N–H and O–H groups in total. The Morgan fingerprint density at radius 2 is 1.79 bits per heavy atom. The van der Waals surface area contributed by atoms with Crippen LogP contribution in [0.15, 0.2) is 48.5 Å². The average Bonchev–Trinajstić information content (AvgIpc) is 2.54. The Hall–Kier alpha value is -2.05. The highest BCUT2D eigenvalue weighted by Crippen LogP contribution is 2.17. The molecule has 0 aliphatic rings. The van der Waals surface area contributed by atoms with Gasteiger partial charge in [-0.1, -0.05) is 41.9 Å². The number of rotatable bonds is 7. The lowest BCUT2D eigenvalue weighted by molar-refractivity contribution is -0.118. The number of nitrogens with one attached hydrogen (secondary N) is 1. The minimum atomic E-state index is -3.55. The number of ether oxygens (including phenoxy) is 1. The molecule has 2 aromatic carbocycles. The van der Waals surface area contributed by atoms with E-state index in [0.29, 0.717) is 16.3 Å². The van der Waals surface area contributed by atoms with E-state index in [-0.39, 0.29) is 12.3 Å². The average molecular weight is 368 g/mol. The third-order valence-electron chi connectivity index (χ3n) is 3.32. The van der Waals surface area contributed by atoms with E-state index in [0.717, 1.165) is 5.56 Å². The van der Waals surface area contributed by atoms with Crippen LogP contribution in [0.2, 0.25) is 5.02 Å². The highest BCUT2D eigenvalue weighted by Gasteiger charge is 2.17. The van der Waals surface area contributed by atoms with E-state index in [1.54, 1.807) is 36.4 Å². The van der Waals surface area contributed by atoms with Gasteiger partial charge in [0.2, 0.25) is 5.91 Å². The fraction of sp³-hybridized carbons (Fsp3) is 0.235. The van der Waals surface area contributed by atoms with Crippen molar-refractivity contribution in [1.29, 1.82) is 0 Å². The smallest absolute Gasteiger partial charge is 0.235 e. The van der Waals surface area contributed by atoms with Crippen molar-refractivity contribution < 1.29 is 17.9 Å². The second-order valence-corrected chi connectivity index (χ2v) is 7.75. The van der Waals surface area contributed by atoms with Crippen LogP contribution in [0.25, 0.3) is 0 Å². The van der Waals surface area contributed by atoms with Crippen molar-refractivity contribution >= 4 is 27.3 Å². The number of halogens is 1. The molecule has 5 nitrogen and oxygen atoms in total. The molecule has 2 rings (SSSR count). The van der Waals surface area contributed by atoms with Gasteiger partial charge in [0, 0.05) is 17.1 Å².